The smallest absolute Gasteiger partial charge is 0.323 e. The summed E-state index contributed by atoms with van der Waals surface area (Å²) in [4.78, 5) is 15.7. The van der Waals surface area contributed by atoms with Gasteiger partial charge in [-0.2, -0.15) is 5.10 Å². The summed E-state index contributed by atoms with van der Waals surface area (Å²) in [6.07, 6.45) is 2.61. The standard InChI is InChI=1S/C18H20N4O2/c1-10-13(9-22(2)21-10)17-16-12(8-15(20-17)18(23)24-3)11-6-4-5-7-14(11)19-16/h4-7,9,15,17,19-20H,8H2,1-3H3/t15-,17-/m0/s1. The molecule has 124 valence electrons. The van der Waals surface area contributed by atoms with Crippen LogP contribution >= 0.6 is 0 Å². The number of carbonyl (C=O) groups excluding carboxylic acids is 1. The number of para-hydroxylation sites is 1. The van der Waals surface area contributed by atoms with Crippen molar-refractivity contribution in [3.63, 3.8) is 0 Å². The van der Waals surface area contributed by atoms with Crippen molar-refractivity contribution in [3.05, 3.63) is 53.0 Å². The maximum Gasteiger partial charge on any atom is 0.323 e. The number of benzene rings is 1. The van der Waals surface area contributed by atoms with E-state index in [4.69, 9.17) is 4.74 Å². The van der Waals surface area contributed by atoms with Crippen LogP contribution in [0.3, 0.4) is 0 Å². The van der Waals surface area contributed by atoms with Crippen molar-refractivity contribution in [3.8, 4) is 0 Å². The van der Waals surface area contributed by atoms with Gasteiger partial charge in [-0.25, -0.2) is 0 Å². The van der Waals surface area contributed by atoms with E-state index in [9.17, 15) is 4.79 Å². The Morgan fingerprint density at radius 3 is 2.88 bits per heavy atom. The number of aromatic nitrogens is 3. The largest absolute Gasteiger partial charge is 0.468 e. The van der Waals surface area contributed by atoms with Crippen LogP contribution in [0.5, 0.6) is 0 Å². The molecule has 2 atom stereocenters. The van der Waals surface area contributed by atoms with Gasteiger partial charge in [0.1, 0.15) is 6.04 Å². The van der Waals surface area contributed by atoms with Gasteiger partial charge in [0.25, 0.3) is 0 Å². The Kier molecular flexibility index (Phi) is 3.42. The Balaban J connectivity index is 1.90. The zero-order valence-electron chi connectivity index (χ0n) is 14.0. The van der Waals surface area contributed by atoms with E-state index < -0.39 is 0 Å². The molecule has 0 unspecified atom stereocenters. The molecule has 0 aliphatic carbocycles. The second-order valence-electron chi connectivity index (χ2n) is 6.29. The topological polar surface area (TPSA) is 71.9 Å². The fourth-order valence-corrected chi connectivity index (χ4v) is 3.68. The molecule has 2 aromatic heterocycles. The van der Waals surface area contributed by atoms with Gasteiger partial charge in [0.05, 0.1) is 18.8 Å². The fourth-order valence-electron chi connectivity index (χ4n) is 3.68. The monoisotopic (exact) mass is 324 g/mol. The molecule has 2 N–H and O–H groups in total. The minimum Gasteiger partial charge on any atom is -0.468 e. The van der Waals surface area contributed by atoms with Gasteiger partial charge in [-0.3, -0.25) is 14.8 Å². The van der Waals surface area contributed by atoms with Crippen LogP contribution in [0.25, 0.3) is 10.9 Å². The highest BCUT2D eigenvalue weighted by Crippen LogP contribution is 2.36. The highest BCUT2D eigenvalue weighted by molar-refractivity contribution is 5.87. The van der Waals surface area contributed by atoms with E-state index in [-0.39, 0.29) is 18.1 Å². The zero-order chi connectivity index (χ0) is 16.8. The number of ether oxygens (including phenoxy) is 1. The Bertz CT molecular complexity index is 924. The maximum absolute atomic E-state index is 12.2. The van der Waals surface area contributed by atoms with E-state index in [0.29, 0.717) is 6.42 Å². The number of nitrogens with one attached hydrogen (secondary N) is 2. The molecule has 1 aliphatic heterocycles. The van der Waals surface area contributed by atoms with Gasteiger partial charge in [0.15, 0.2) is 0 Å². The number of carbonyl (C=O) groups is 1. The summed E-state index contributed by atoms with van der Waals surface area (Å²) >= 11 is 0. The number of esters is 1. The molecule has 6 nitrogen and oxygen atoms in total. The number of rotatable bonds is 2. The lowest BCUT2D eigenvalue weighted by atomic mass is 9.90. The van der Waals surface area contributed by atoms with Crippen LogP contribution in [0.4, 0.5) is 0 Å². The molecule has 0 fully saturated rings. The summed E-state index contributed by atoms with van der Waals surface area (Å²) in [5.41, 5.74) is 5.38. The van der Waals surface area contributed by atoms with Crippen LogP contribution in [0.1, 0.15) is 28.6 Å². The van der Waals surface area contributed by atoms with Gasteiger partial charge >= 0.3 is 5.97 Å². The number of aryl methyl sites for hydroxylation is 2. The van der Waals surface area contributed by atoms with E-state index in [1.54, 1.807) is 4.68 Å². The predicted molar refractivity (Wildman–Crippen MR) is 90.7 cm³/mol. The molecule has 0 spiro atoms. The molecule has 3 aromatic rings. The predicted octanol–water partition coefficient (Wildman–Crippen LogP) is 1.99. The molecule has 1 aromatic carbocycles. The Morgan fingerprint density at radius 1 is 1.38 bits per heavy atom. The Morgan fingerprint density at radius 2 is 2.17 bits per heavy atom. The first-order chi connectivity index (χ1) is 11.6. The highest BCUT2D eigenvalue weighted by Gasteiger charge is 2.35. The van der Waals surface area contributed by atoms with Crippen molar-refractivity contribution < 1.29 is 9.53 Å². The van der Waals surface area contributed by atoms with Gasteiger partial charge < -0.3 is 9.72 Å². The van der Waals surface area contributed by atoms with Crippen molar-refractivity contribution in [1.82, 2.24) is 20.1 Å². The summed E-state index contributed by atoms with van der Waals surface area (Å²) in [6.45, 7) is 1.99. The lowest BCUT2D eigenvalue weighted by molar-refractivity contribution is -0.143. The molecular weight excluding hydrogens is 304 g/mol. The lowest BCUT2D eigenvalue weighted by Crippen LogP contribution is -2.45. The first kappa shape index (κ1) is 15.0. The number of methoxy groups -OCH3 is 1. The SMILES string of the molecule is COC(=O)[C@@H]1Cc2c([nH]c3ccccc23)[C@H](c2cn(C)nc2C)N1. The third-order valence-electron chi connectivity index (χ3n) is 4.76. The second kappa shape index (κ2) is 5.49. The number of H-pyrrole nitrogens is 1. The number of fused-ring (bicyclic) bond motifs is 3. The van der Waals surface area contributed by atoms with Crippen molar-refractivity contribution >= 4 is 16.9 Å². The number of aromatic amines is 1. The van der Waals surface area contributed by atoms with Crippen LogP contribution in [0, 0.1) is 6.92 Å². The normalized spacial score (nSPS) is 20.1. The average Bonchev–Trinajstić information content (AvgIpc) is 3.12. The first-order valence-corrected chi connectivity index (χ1v) is 8.02. The first-order valence-electron chi connectivity index (χ1n) is 8.02. The van der Waals surface area contributed by atoms with E-state index in [1.165, 1.54) is 12.7 Å². The molecule has 4 rings (SSSR count). The third kappa shape index (κ3) is 2.22. The van der Waals surface area contributed by atoms with Gasteiger partial charge in [-0.1, -0.05) is 18.2 Å². The van der Waals surface area contributed by atoms with Gasteiger partial charge in [0.2, 0.25) is 0 Å². The van der Waals surface area contributed by atoms with Crippen molar-refractivity contribution in [1.29, 1.82) is 0 Å². The van der Waals surface area contributed by atoms with E-state index in [1.807, 2.05) is 32.3 Å². The minimum absolute atomic E-state index is 0.112. The minimum atomic E-state index is -0.369. The molecule has 0 bridgehead atoms. The second-order valence-corrected chi connectivity index (χ2v) is 6.29. The molecule has 3 heterocycles. The number of hydrogen-bond donors (Lipinski definition) is 2. The molecule has 24 heavy (non-hydrogen) atoms. The molecular formula is C18H20N4O2. The Labute approximate surface area is 139 Å². The third-order valence-corrected chi connectivity index (χ3v) is 4.76. The molecule has 6 heteroatoms. The lowest BCUT2D eigenvalue weighted by Gasteiger charge is -2.29. The van der Waals surface area contributed by atoms with Gasteiger partial charge in [0, 0.05) is 41.8 Å². The van der Waals surface area contributed by atoms with Gasteiger partial charge in [-0.05, 0) is 18.6 Å². The summed E-state index contributed by atoms with van der Waals surface area (Å²) in [7, 11) is 3.34. The molecule has 1 aliphatic rings. The maximum atomic E-state index is 12.2. The van der Waals surface area contributed by atoms with Gasteiger partial charge in [-0.15, -0.1) is 0 Å². The van der Waals surface area contributed by atoms with E-state index >= 15 is 0 Å². The molecule has 0 amide bonds. The fraction of sp³-hybridized carbons (Fsp3) is 0.333. The van der Waals surface area contributed by atoms with Crippen molar-refractivity contribution in [2.24, 2.45) is 7.05 Å². The average molecular weight is 324 g/mol. The summed E-state index contributed by atoms with van der Waals surface area (Å²) in [6, 6.07) is 7.71. The van der Waals surface area contributed by atoms with Crippen molar-refractivity contribution in [2.75, 3.05) is 7.11 Å². The van der Waals surface area contributed by atoms with E-state index in [0.717, 1.165) is 27.9 Å². The molecule has 0 saturated carbocycles. The van der Waals surface area contributed by atoms with Crippen molar-refractivity contribution in [2.45, 2.75) is 25.4 Å². The number of hydrogen-bond acceptors (Lipinski definition) is 4. The summed E-state index contributed by atoms with van der Waals surface area (Å²) in [5, 5.41) is 9.04. The molecule has 0 radical (unpaired) electrons. The summed E-state index contributed by atoms with van der Waals surface area (Å²) in [5.74, 6) is -0.238. The number of nitrogens with zero attached hydrogens (tertiary/aromatic N) is 2. The highest BCUT2D eigenvalue weighted by atomic mass is 16.5. The van der Waals surface area contributed by atoms with Crippen LogP contribution in [0.2, 0.25) is 0 Å². The van der Waals surface area contributed by atoms with E-state index in [2.05, 4.69) is 27.5 Å². The Hall–Kier alpha value is -2.60. The summed E-state index contributed by atoms with van der Waals surface area (Å²) < 4.78 is 6.78. The van der Waals surface area contributed by atoms with Crippen LogP contribution in [-0.2, 0) is 23.0 Å². The van der Waals surface area contributed by atoms with Crippen LogP contribution in [-0.4, -0.2) is 33.9 Å². The van der Waals surface area contributed by atoms with Crippen LogP contribution in [0.15, 0.2) is 30.5 Å². The molecule has 0 saturated heterocycles. The van der Waals surface area contributed by atoms with Crippen LogP contribution < -0.4 is 5.32 Å². The zero-order valence-corrected chi connectivity index (χ0v) is 14.0. The quantitative estimate of drug-likeness (QED) is 0.707.